The van der Waals surface area contributed by atoms with Crippen LogP contribution in [0, 0.1) is 0 Å². The summed E-state index contributed by atoms with van der Waals surface area (Å²) in [6.07, 6.45) is 1.40. The van der Waals surface area contributed by atoms with Crippen LogP contribution in [0.15, 0.2) is 42.5 Å². The highest BCUT2D eigenvalue weighted by Crippen LogP contribution is 2.35. The monoisotopic (exact) mass is 462 g/mol. The summed E-state index contributed by atoms with van der Waals surface area (Å²) in [7, 11) is -3.53. The number of nitrogens with one attached hydrogen (secondary N) is 1. The molecule has 2 aliphatic heterocycles. The van der Waals surface area contributed by atoms with Crippen LogP contribution < -0.4 is 28.6 Å². The predicted octanol–water partition coefficient (Wildman–Crippen LogP) is 1.96. The van der Waals surface area contributed by atoms with Crippen LogP contribution in [-0.2, 0) is 14.8 Å². The molecule has 0 aliphatic carbocycles. The molecule has 2 aliphatic rings. The second-order valence-electron chi connectivity index (χ2n) is 7.57. The lowest BCUT2D eigenvalue weighted by Crippen LogP contribution is -2.41. The highest BCUT2D eigenvalue weighted by molar-refractivity contribution is 7.92. The van der Waals surface area contributed by atoms with Crippen LogP contribution in [0.25, 0.3) is 0 Å². The van der Waals surface area contributed by atoms with Crippen molar-refractivity contribution < 1.29 is 32.2 Å². The maximum atomic E-state index is 12.3. The van der Waals surface area contributed by atoms with E-state index >= 15 is 0 Å². The summed E-state index contributed by atoms with van der Waals surface area (Å²) in [4.78, 5) is 12.3. The number of nitrogens with zero attached hydrogens (tertiary/aromatic N) is 1. The lowest BCUT2D eigenvalue weighted by molar-refractivity contribution is -0.121. The number of rotatable bonds is 8. The highest BCUT2D eigenvalue weighted by atomic mass is 32.2. The van der Waals surface area contributed by atoms with Gasteiger partial charge in [-0.05, 0) is 30.7 Å². The predicted molar refractivity (Wildman–Crippen MR) is 118 cm³/mol. The molecule has 0 saturated carbocycles. The zero-order valence-electron chi connectivity index (χ0n) is 17.8. The summed E-state index contributed by atoms with van der Waals surface area (Å²) in [5.74, 6) is 2.26. The van der Waals surface area contributed by atoms with Crippen molar-refractivity contribution in [1.29, 1.82) is 0 Å². The van der Waals surface area contributed by atoms with E-state index in [0.29, 0.717) is 61.5 Å². The van der Waals surface area contributed by atoms with Gasteiger partial charge in [-0.25, -0.2) is 8.42 Å². The Bertz CT molecular complexity index is 1070. The van der Waals surface area contributed by atoms with Crippen molar-refractivity contribution in [3.63, 3.8) is 0 Å². The summed E-state index contributed by atoms with van der Waals surface area (Å²) in [6, 6.07) is 12.4. The number of hydrogen-bond acceptors (Lipinski definition) is 7. The molecule has 1 amide bonds. The lowest BCUT2D eigenvalue weighted by atomic mass is 10.2. The molecule has 0 spiro atoms. The smallest absolute Gasteiger partial charge is 0.232 e. The first-order chi connectivity index (χ1) is 15.4. The Morgan fingerprint density at radius 3 is 2.53 bits per heavy atom. The first-order valence-electron chi connectivity index (χ1n) is 10.4. The molecule has 0 fully saturated rings. The molecule has 2 aromatic carbocycles. The average molecular weight is 463 g/mol. The first kappa shape index (κ1) is 22.1. The van der Waals surface area contributed by atoms with Gasteiger partial charge in [-0.15, -0.1) is 0 Å². The number of ether oxygens (including phenoxy) is 4. The normalized spacial score (nSPS) is 16.8. The SMILES string of the molecule is CS(=O)(=O)N(CCCC(=O)NC[C@H]1COc2ccccc2O1)c1ccc2c(c1)OCCO2. The van der Waals surface area contributed by atoms with E-state index in [9.17, 15) is 13.2 Å². The molecule has 172 valence electrons. The van der Waals surface area contributed by atoms with E-state index in [1.165, 1.54) is 4.31 Å². The summed E-state index contributed by atoms with van der Waals surface area (Å²) < 4.78 is 48.4. The van der Waals surface area contributed by atoms with Gasteiger partial charge >= 0.3 is 0 Å². The van der Waals surface area contributed by atoms with Gasteiger partial charge in [0, 0.05) is 19.0 Å². The number of para-hydroxylation sites is 2. The Kier molecular flexibility index (Phi) is 6.59. The van der Waals surface area contributed by atoms with Gasteiger partial charge in [0.05, 0.1) is 18.5 Å². The number of anilines is 1. The first-order valence-corrected chi connectivity index (χ1v) is 12.3. The summed E-state index contributed by atoms with van der Waals surface area (Å²) in [5, 5.41) is 2.83. The molecule has 2 heterocycles. The van der Waals surface area contributed by atoms with E-state index in [-0.39, 0.29) is 25.0 Å². The molecule has 9 nitrogen and oxygen atoms in total. The van der Waals surface area contributed by atoms with Crippen LogP contribution >= 0.6 is 0 Å². The molecule has 1 N–H and O–H groups in total. The van der Waals surface area contributed by atoms with Crippen molar-refractivity contribution in [2.24, 2.45) is 0 Å². The number of amides is 1. The molecule has 0 unspecified atom stereocenters. The second kappa shape index (κ2) is 9.56. The number of carbonyl (C=O) groups excluding carboxylic acids is 1. The van der Waals surface area contributed by atoms with Crippen LogP contribution in [0.3, 0.4) is 0 Å². The molecular formula is C22H26N2O7S. The number of sulfonamides is 1. The molecule has 32 heavy (non-hydrogen) atoms. The molecule has 0 aromatic heterocycles. The van der Waals surface area contributed by atoms with Gasteiger partial charge < -0.3 is 24.3 Å². The minimum Gasteiger partial charge on any atom is -0.486 e. The Hall–Kier alpha value is -3.14. The third kappa shape index (κ3) is 5.37. The molecule has 1 atom stereocenters. The van der Waals surface area contributed by atoms with Gasteiger partial charge in [-0.1, -0.05) is 12.1 Å². The fourth-order valence-corrected chi connectivity index (χ4v) is 4.49. The van der Waals surface area contributed by atoms with E-state index < -0.39 is 10.0 Å². The Morgan fingerprint density at radius 1 is 1.03 bits per heavy atom. The van der Waals surface area contributed by atoms with Crippen LogP contribution in [0.5, 0.6) is 23.0 Å². The van der Waals surface area contributed by atoms with E-state index in [4.69, 9.17) is 18.9 Å². The van der Waals surface area contributed by atoms with Gasteiger partial charge in [0.1, 0.15) is 25.9 Å². The Morgan fingerprint density at radius 2 is 1.75 bits per heavy atom. The standard InChI is InChI=1S/C22H26N2O7S/c1-32(26,27)24(16-8-9-19-21(13-16)29-12-11-28-19)10-4-7-22(25)23-14-17-15-30-18-5-2-3-6-20(18)31-17/h2-3,5-6,8-9,13,17H,4,7,10-12,14-15H2,1H3,(H,23,25)/t17-/m0/s1. The van der Waals surface area contributed by atoms with E-state index in [1.807, 2.05) is 24.3 Å². The molecule has 0 saturated heterocycles. The molecule has 0 bridgehead atoms. The zero-order chi connectivity index (χ0) is 22.6. The Balaban J connectivity index is 1.27. The molecular weight excluding hydrogens is 436 g/mol. The van der Waals surface area contributed by atoms with E-state index in [1.54, 1.807) is 18.2 Å². The van der Waals surface area contributed by atoms with Crippen molar-refractivity contribution in [3.05, 3.63) is 42.5 Å². The maximum Gasteiger partial charge on any atom is 0.232 e. The van der Waals surface area contributed by atoms with Gasteiger partial charge in [-0.2, -0.15) is 0 Å². The van der Waals surface area contributed by atoms with Gasteiger partial charge in [0.2, 0.25) is 15.9 Å². The minimum absolute atomic E-state index is 0.169. The van der Waals surface area contributed by atoms with E-state index in [0.717, 1.165) is 6.26 Å². The third-order valence-electron chi connectivity index (χ3n) is 5.07. The number of fused-ring (bicyclic) bond motifs is 2. The fourth-order valence-electron chi connectivity index (χ4n) is 3.54. The van der Waals surface area contributed by atoms with Crippen LogP contribution in [0.2, 0.25) is 0 Å². The van der Waals surface area contributed by atoms with Crippen LogP contribution in [-0.4, -0.2) is 59.6 Å². The van der Waals surface area contributed by atoms with E-state index in [2.05, 4.69) is 5.32 Å². The molecule has 2 aromatic rings. The highest BCUT2D eigenvalue weighted by Gasteiger charge is 2.23. The van der Waals surface area contributed by atoms with Gasteiger partial charge in [0.25, 0.3) is 0 Å². The molecule has 0 radical (unpaired) electrons. The molecule has 4 rings (SSSR count). The number of hydrogen-bond donors (Lipinski definition) is 1. The zero-order valence-corrected chi connectivity index (χ0v) is 18.6. The molecule has 10 heteroatoms. The topological polar surface area (TPSA) is 103 Å². The van der Waals surface area contributed by atoms with Crippen LogP contribution in [0.4, 0.5) is 5.69 Å². The van der Waals surface area contributed by atoms with Crippen molar-refractivity contribution in [1.82, 2.24) is 5.32 Å². The summed E-state index contributed by atoms with van der Waals surface area (Å²) in [6.45, 7) is 1.70. The Labute approximate surface area is 187 Å². The average Bonchev–Trinajstić information content (AvgIpc) is 2.79. The minimum atomic E-state index is -3.53. The second-order valence-corrected chi connectivity index (χ2v) is 9.48. The van der Waals surface area contributed by atoms with Crippen LogP contribution in [0.1, 0.15) is 12.8 Å². The van der Waals surface area contributed by atoms with Gasteiger partial charge in [0.15, 0.2) is 23.0 Å². The quantitative estimate of drug-likeness (QED) is 0.640. The van der Waals surface area contributed by atoms with Gasteiger partial charge in [-0.3, -0.25) is 9.10 Å². The van der Waals surface area contributed by atoms with Crippen molar-refractivity contribution >= 4 is 21.6 Å². The third-order valence-corrected chi connectivity index (χ3v) is 6.27. The maximum absolute atomic E-state index is 12.3. The van der Waals surface area contributed by atoms with Crippen molar-refractivity contribution in [3.8, 4) is 23.0 Å². The van der Waals surface area contributed by atoms with Crippen molar-refractivity contribution in [2.75, 3.05) is 43.5 Å². The number of benzene rings is 2. The number of carbonyl (C=O) groups is 1. The summed E-state index contributed by atoms with van der Waals surface area (Å²) >= 11 is 0. The fraction of sp³-hybridized carbons (Fsp3) is 0.409. The largest absolute Gasteiger partial charge is 0.486 e. The summed E-state index contributed by atoms with van der Waals surface area (Å²) in [5.41, 5.74) is 0.476. The van der Waals surface area contributed by atoms with Crippen molar-refractivity contribution in [2.45, 2.75) is 18.9 Å². The lowest BCUT2D eigenvalue weighted by Gasteiger charge is -2.26.